The van der Waals surface area contributed by atoms with E-state index in [-0.39, 0.29) is 24.2 Å². The summed E-state index contributed by atoms with van der Waals surface area (Å²) in [6.45, 7) is 0. The van der Waals surface area contributed by atoms with Crippen molar-refractivity contribution in [2.24, 2.45) is 0 Å². The Morgan fingerprint density at radius 1 is 0.566 bits per heavy atom. The minimum Gasteiger partial charge on any atom is -0.355 e. The molecule has 0 saturated heterocycles. The maximum absolute atomic E-state index is 14.7. The molecule has 7 aromatic carbocycles. The molecule has 1 atom stereocenters. The van der Waals surface area contributed by atoms with Gasteiger partial charge in [0.2, 0.25) is 5.91 Å². The van der Waals surface area contributed by atoms with Gasteiger partial charge in [0.15, 0.2) is 0 Å². The molecule has 2 amide bonds. The van der Waals surface area contributed by atoms with Gasteiger partial charge in [0.25, 0.3) is 5.91 Å². The van der Waals surface area contributed by atoms with Gasteiger partial charge < -0.3 is 9.88 Å². The van der Waals surface area contributed by atoms with Crippen molar-refractivity contribution >= 4 is 50.7 Å². The van der Waals surface area contributed by atoms with Gasteiger partial charge in [-0.25, -0.2) is 4.90 Å². The highest BCUT2D eigenvalue weighted by Gasteiger charge is 2.33. The number of hydrogen-bond donors (Lipinski definition) is 1. The molecule has 1 aromatic heterocycles. The van der Waals surface area contributed by atoms with Crippen LogP contribution in [0.25, 0.3) is 38.6 Å². The highest BCUT2D eigenvalue weighted by molar-refractivity contribution is 6.22. The van der Waals surface area contributed by atoms with Gasteiger partial charge in [-0.05, 0) is 107 Å². The number of nitrogens with zero attached hydrogens (tertiary/aromatic N) is 2. The zero-order valence-corrected chi connectivity index (χ0v) is 29.0. The van der Waals surface area contributed by atoms with E-state index in [1.807, 2.05) is 72.8 Å². The Morgan fingerprint density at radius 3 is 2.17 bits per heavy atom. The maximum atomic E-state index is 14.7. The van der Waals surface area contributed by atoms with Crippen LogP contribution in [0.2, 0.25) is 0 Å². The van der Waals surface area contributed by atoms with Crippen molar-refractivity contribution in [3.05, 3.63) is 192 Å². The third-order valence-corrected chi connectivity index (χ3v) is 10.9. The number of fused-ring (bicyclic) bond motifs is 5. The molecule has 0 radical (unpaired) electrons. The fourth-order valence-corrected chi connectivity index (χ4v) is 8.30. The summed E-state index contributed by atoms with van der Waals surface area (Å²) < 4.78 is 2.31. The van der Waals surface area contributed by atoms with Crippen molar-refractivity contribution in [1.82, 2.24) is 4.57 Å². The molecule has 2 heterocycles. The Morgan fingerprint density at radius 2 is 1.30 bits per heavy atom. The molecule has 0 fully saturated rings. The van der Waals surface area contributed by atoms with Crippen molar-refractivity contribution in [2.75, 3.05) is 10.2 Å². The lowest BCUT2D eigenvalue weighted by Crippen LogP contribution is -2.39. The fraction of sp³-hybridized carbons (Fsp3) is 0.0833. The van der Waals surface area contributed by atoms with Crippen LogP contribution in [0, 0.1) is 0 Å². The molecule has 10 rings (SSSR count). The number of anilines is 3. The third kappa shape index (κ3) is 5.32. The van der Waals surface area contributed by atoms with Gasteiger partial charge in [0.1, 0.15) is 0 Å². The highest BCUT2D eigenvalue weighted by Crippen LogP contribution is 2.44. The van der Waals surface area contributed by atoms with Crippen LogP contribution in [0.3, 0.4) is 0 Å². The summed E-state index contributed by atoms with van der Waals surface area (Å²) in [5.74, 6) is -0.623. The van der Waals surface area contributed by atoms with Gasteiger partial charge in [-0.2, -0.15) is 0 Å². The van der Waals surface area contributed by atoms with Gasteiger partial charge in [0.05, 0.1) is 16.7 Å². The van der Waals surface area contributed by atoms with Crippen LogP contribution in [0.1, 0.15) is 51.4 Å². The molecule has 0 spiro atoms. The smallest absolute Gasteiger partial charge is 0.265 e. The van der Waals surface area contributed by atoms with Crippen LogP contribution in [0.4, 0.5) is 17.1 Å². The minimum absolute atomic E-state index is 0.128. The molecule has 0 saturated carbocycles. The lowest BCUT2D eigenvalue weighted by molar-refractivity contribution is -0.118. The molecule has 53 heavy (non-hydrogen) atoms. The SMILES string of the molecule is O=C1CCC(c2ccc3c(c2)c2ccccc2n3-c2ccccc2)c2ccccc2C(=O)N1c1ccc(Nc2ccccc2)c(-c2cccc3c2C3)c1. The van der Waals surface area contributed by atoms with Crippen LogP contribution in [-0.2, 0) is 11.2 Å². The Bertz CT molecular complexity index is 2730. The Hall–Kier alpha value is -6.72. The van der Waals surface area contributed by atoms with Gasteiger partial charge in [-0.1, -0.05) is 97.1 Å². The molecule has 1 aliphatic carbocycles. The van der Waals surface area contributed by atoms with Gasteiger partial charge in [-0.3, -0.25) is 9.59 Å². The van der Waals surface area contributed by atoms with Crippen LogP contribution < -0.4 is 10.2 Å². The molecule has 0 bridgehead atoms. The topological polar surface area (TPSA) is 54.3 Å². The second-order valence-corrected chi connectivity index (χ2v) is 14.0. The first-order chi connectivity index (χ1) is 26.1. The summed E-state index contributed by atoms with van der Waals surface area (Å²) >= 11 is 0. The van der Waals surface area contributed by atoms with Gasteiger partial charge in [0, 0.05) is 51.3 Å². The van der Waals surface area contributed by atoms with E-state index in [2.05, 4.69) is 101 Å². The zero-order valence-electron chi connectivity index (χ0n) is 29.0. The van der Waals surface area contributed by atoms with E-state index >= 15 is 0 Å². The number of amides is 2. The summed E-state index contributed by atoms with van der Waals surface area (Å²) in [5.41, 5.74) is 13.2. The Kier molecular flexibility index (Phi) is 7.32. The van der Waals surface area contributed by atoms with Crippen molar-refractivity contribution < 1.29 is 9.59 Å². The van der Waals surface area contributed by atoms with Crippen molar-refractivity contribution in [2.45, 2.75) is 25.2 Å². The number of rotatable bonds is 6. The normalized spacial score (nSPS) is 15.2. The largest absolute Gasteiger partial charge is 0.355 e. The Balaban J connectivity index is 1.06. The van der Waals surface area contributed by atoms with E-state index < -0.39 is 0 Å². The number of hydrogen-bond acceptors (Lipinski definition) is 3. The van der Waals surface area contributed by atoms with Crippen molar-refractivity contribution in [3.8, 4) is 16.8 Å². The lowest BCUT2D eigenvalue weighted by atomic mass is 9.82. The molecule has 2 aliphatic rings. The van der Waals surface area contributed by atoms with E-state index in [1.54, 1.807) is 0 Å². The van der Waals surface area contributed by atoms with Crippen LogP contribution in [0.15, 0.2) is 164 Å². The van der Waals surface area contributed by atoms with Crippen LogP contribution in [-0.4, -0.2) is 16.4 Å². The first-order valence-corrected chi connectivity index (χ1v) is 18.2. The van der Waals surface area contributed by atoms with E-state index in [0.29, 0.717) is 17.7 Å². The number of para-hydroxylation sites is 3. The molecular weight excluding hydrogens is 651 g/mol. The molecule has 8 aromatic rings. The predicted octanol–water partition coefficient (Wildman–Crippen LogP) is 11.2. The quantitative estimate of drug-likeness (QED) is 0.177. The highest BCUT2D eigenvalue weighted by atomic mass is 16.2. The summed E-state index contributed by atoms with van der Waals surface area (Å²) in [7, 11) is 0. The van der Waals surface area contributed by atoms with E-state index in [0.717, 1.165) is 62.2 Å². The van der Waals surface area contributed by atoms with E-state index in [4.69, 9.17) is 0 Å². The number of imide groups is 1. The van der Waals surface area contributed by atoms with E-state index in [9.17, 15) is 9.59 Å². The zero-order chi connectivity index (χ0) is 35.5. The summed E-state index contributed by atoms with van der Waals surface area (Å²) in [4.78, 5) is 30.4. The molecule has 5 nitrogen and oxygen atoms in total. The van der Waals surface area contributed by atoms with Crippen molar-refractivity contribution in [1.29, 1.82) is 0 Å². The molecule has 5 heteroatoms. The number of carbonyl (C=O) groups is 2. The molecule has 1 unspecified atom stereocenters. The monoisotopic (exact) mass is 685 g/mol. The molecule has 1 N–H and O–H groups in total. The predicted molar refractivity (Wildman–Crippen MR) is 215 cm³/mol. The third-order valence-electron chi connectivity index (χ3n) is 10.9. The maximum Gasteiger partial charge on any atom is 0.265 e. The average molecular weight is 686 g/mol. The number of aromatic nitrogens is 1. The number of nitrogens with one attached hydrogen (secondary N) is 1. The van der Waals surface area contributed by atoms with Crippen LogP contribution in [0.5, 0.6) is 0 Å². The second kappa shape index (κ2) is 12.5. The summed E-state index contributed by atoms with van der Waals surface area (Å²) in [6.07, 6.45) is 1.76. The summed E-state index contributed by atoms with van der Waals surface area (Å²) in [6, 6.07) is 55.7. The average Bonchev–Trinajstić information content (AvgIpc) is 3.93. The minimum atomic E-state index is -0.296. The van der Waals surface area contributed by atoms with E-state index in [1.165, 1.54) is 21.4 Å². The second-order valence-electron chi connectivity index (χ2n) is 14.0. The first kappa shape index (κ1) is 31.1. The van der Waals surface area contributed by atoms with Crippen LogP contribution >= 0.6 is 0 Å². The molecular formula is C48H35N3O2. The number of carbonyl (C=O) groups excluding carboxylic acids is 2. The lowest BCUT2D eigenvalue weighted by Gasteiger charge is -2.29. The number of benzene rings is 7. The van der Waals surface area contributed by atoms with Gasteiger partial charge >= 0.3 is 0 Å². The van der Waals surface area contributed by atoms with Gasteiger partial charge in [-0.15, -0.1) is 0 Å². The molecule has 254 valence electrons. The van der Waals surface area contributed by atoms with Crippen molar-refractivity contribution in [3.63, 3.8) is 0 Å². The Labute approximate surface area is 307 Å². The first-order valence-electron chi connectivity index (χ1n) is 18.2. The fourth-order valence-electron chi connectivity index (χ4n) is 8.30. The standard InChI is InChI=1S/C48H35N3O2/c52-47-27-24-36(32-22-26-46-43(29-32)39-18-9-10-21-45(39)50(46)34-15-5-2-6-16-34)37-17-7-8-19-40(37)48(53)51(47)35-23-25-44(49-33-13-3-1-4-14-33)42(30-35)38-20-11-12-31-28-41(31)38/h1-23,25-26,29-30,36,49H,24,27-28H2. The molecule has 1 aliphatic heterocycles. The summed E-state index contributed by atoms with van der Waals surface area (Å²) in [5, 5.41) is 5.90.